The summed E-state index contributed by atoms with van der Waals surface area (Å²) in [5.74, 6) is 1.78. The summed E-state index contributed by atoms with van der Waals surface area (Å²) in [4.78, 5) is 15.6. The van der Waals surface area contributed by atoms with Gasteiger partial charge in [-0.15, -0.1) is 0 Å². The third-order valence-corrected chi connectivity index (χ3v) is 11.2. The highest BCUT2D eigenvalue weighted by Crippen LogP contribution is 2.41. The Morgan fingerprint density at radius 1 is 0.351 bits per heavy atom. The summed E-state index contributed by atoms with van der Waals surface area (Å²) in [5.41, 5.74) is 11.0. The van der Waals surface area contributed by atoms with E-state index in [0.29, 0.717) is 17.6 Å². The SMILES string of the molecule is c1ccc(-c2nc(-c3ccc4c5ccccc5n(-c5ccccc5-c5cccc6c5oc5ccccc56)c4c3)nc(-n3c4ccccc4c4ccccc43)n2)cc1. The molecule has 12 rings (SSSR count). The second kappa shape index (κ2) is 12.3. The molecule has 0 aliphatic carbocycles. The van der Waals surface area contributed by atoms with Crippen LogP contribution in [0.25, 0.3) is 111 Å². The molecular weight excluding hydrogens is 699 g/mol. The zero-order valence-electron chi connectivity index (χ0n) is 30.5. The van der Waals surface area contributed by atoms with Crippen molar-refractivity contribution in [1.82, 2.24) is 24.1 Å². The molecule has 0 fully saturated rings. The van der Waals surface area contributed by atoms with E-state index in [2.05, 4.69) is 167 Å². The lowest BCUT2D eigenvalue weighted by Gasteiger charge is -2.15. The summed E-state index contributed by atoms with van der Waals surface area (Å²) in [6.45, 7) is 0. The van der Waals surface area contributed by atoms with Crippen molar-refractivity contribution in [1.29, 1.82) is 0 Å². The van der Waals surface area contributed by atoms with Gasteiger partial charge in [0.15, 0.2) is 11.6 Å². The monoisotopic (exact) mass is 729 g/mol. The van der Waals surface area contributed by atoms with E-state index in [1.807, 2.05) is 30.3 Å². The van der Waals surface area contributed by atoms with Crippen LogP contribution in [0.4, 0.5) is 0 Å². The molecule has 0 aliphatic heterocycles. The van der Waals surface area contributed by atoms with Crippen LogP contribution in [0.1, 0.15) is 0 Å². The number of nitrogens with zero attached hydrogens (tertiary/aromatic N) is 5. The number of aromatic nitrogens is 5. The zero-order chi connectivity index (χ0) is 37.5. The Kier molecular flexibility index (Phi) is 6.83. The zero-order valence-corrected chi connectivity index (χ0v) is 30.5. The molecule has 0 saturated heterocycles. The number of furan rings is 1. The van der Waals surface area contributed by atoms with Gasteiger partial charge >= 0.3 is 0 Å². The summed E-state index contributed by atoms with van der Waals surface area (Å²) >= 11 is 0. The number of para-hydroxylation sites is 6. The highest BCUT2D eigenvalue weighted by Gasteiger charge is 2.21. The lowest BCUT2D eigenvalue weighted by molar-refractivity contribution is 0.670. The Morgan fingerprint density at radius 3 is 1.63 bits per heavy atom. The van der Waals surface area contributed by atoms with Crippen LogP contribution in [0, 0.1) is 0 Å². The molecule has 266 valence electrons. The normalized spacial score (nSPS) is 11.9. The van der Waals surface area contributed by atoms with E-state index in [0.717, 1.165) is 88.1 Å². The van der Waals surface area contributed by atoms with Gasteiger partial charge in [-0.25, -0.2) is 4.98 Å². The van der Waals surface area contributed by atoms with Gasteiger partial charge in [0.2, 0.25) is 5.95 Å². The third-order valence-electron chi connectivity index (χ3n) is 11.2. The van der Waals surface area contributed by atoms with E-state index in [9.17, 15) is 0 Å². The van der Waals surface area contributed by atoms with Gasteiger partial charge in [0.1, 0.15) is 11.2 Å². The Morgan fingerprint density at radius 2 is 0.895 bits per heavy atom. The highest BCUT2D eigenvalue weighted by molar-refractivity contribution is 6.13. The first-order chi connectivity index (χ1) is 28.3. The highest BCUT2D eigenvalue weighted by atomic mass is 16.3. The van der Waals surface area contributed by atoms with Crippen molar-refractivity contribution in [2.75, 3.05) is 0 Å². The first-order valence-electron chi connectivity index (χ1n) is 19.1. The minimum absolute atomic E-state index is 0.571. The van der Waals surface area contributed by atoms with Crippen LogP contribution in [-0.2, 0) is 0 Å². The summed E-state index contributed by atoms with van der Waals surface area (Å²) in [6, 6.07) is 65.5. The van der Waals surface area contributed by atoms with Gasteiger partial charge in [0.25, 0.3) is 0 Å². The van der Waals surface area contributed by atoms with Crippen LogP contribution in [0.5, 0.6) is 0 Å². The van der Waals surface area contributed by atoms with Gasteiger partial charge in [-0.2, -0.15) is 9.97 Å². The van der Waals surface area contributed by atoms with E-state index in [1.165, 1.54) is 5.39 Å². The largest absolute Gasteiger partial charge is 0.455 e. The standard InChI is InChI=1S/C51H31N5O/c1-2-15-32(16-3-1)49-52-50(54-51(53-49)56-44-26-11-5-17-34(44)35-18-6-12-27-45(35)56)33-29-30-38-36-19-4-9-24-42(36)55(46(38)31-33)43-25-10-7-20-37(43)40-22-14-23-41-39-21-8-13-28-47(39)57-48(40)41/h1-31H. The van der Waals surface area contributed by atoms with Crippen LogP contribution in [0.3, 0.4) is 0 Å². The van der Waals surface area contributed by atoms with Crippen LogP contribution in [0.2, 0.25) is 0 Å². The Hall–Kier alpha value is -7.83. The molecule has 0 spiro atoms. The molecular formula is C51H31N5O. The van der Waals surface area contributed by atoms with Gasteiger partial charge in [0, 0.05) is 54.6 Å². The first kappa shape index (κ1) is 31.5. The number of fused-ring (bicyclic) bond motifs is 9. The van der Waals surface area contributed by atoms with E-state index >= 15 is 0 Å². The third kappa shape index (κ3) is 4.81. The molecule has 0 amide bonds. The van der Waals surface area contributed by atoms with Gasteiger partial charge in [-0.05, 0) is 36.4 Å². The maximum atomic E-state index is 6.57. The summed E-state index contributed by atoms with van der Waals surface area (Å²) in [6.07, 6.45) is 0. The molecule has 0 unspecified atom stereocenters. The topological polar surface area (TPSA) is 61.7 Å². The van der Waals surface area contributed by atoms with Crippen LogP contribution in [0.15, 0.2) is 192 Å². The fraction of sp³-hybridized carbons (Fsp3) is 0. The van der Waals surface area contributed by atoms with Crippen LogP contribution >= 0.6 is 0 Å². The lowest BCUT2D eigenvalue weighted by Crippen LogP contribution is -2.06. The van der Waals surface area contributed by atoms with Gasteiger partial charge in [0.05, 0.1) is 27.8 Å². The van der Waals surface area contributed by atoms with E-state index in [-0.39, 0.29) is 0 Å². The molecule has 0 radical (unpaired) electrons. The predicted molar refractivity (Wildman–Crippen MR) is 232 cm³/mol. The van der Waals surface area contributed by atoms with Crippen molar-refractivity contribution in [3.63, 3.8) is 0 Å². The molecule has 0 atom stereocenters. The molecule has 4 heterocycles. The van der Waals surface area contributed by atoms with Crippen molar-refractivity contribution in [3.05, 3.63) is 188 Å². The van der Waals surface area contributed by atoms with Crippen molar-refractivity contribution in [3.8, 4) is 45.5 Å². The number of hydrogen-bond donors (Lipinski definition) is 0. The summed E-state index contributed by atoms with van der Waals surface area (Å²) < 4.78 is 11.1. The maximum Gasteiger partial charge on any atom is 0.238 e. The molecule has 57 heavy (non-hydrogen) atoms. The first-order valence-corrected chi connectivity index (χ1v) is 19.1. The molecule has 8 aromatic carbocycles. The average Bonchev–Trinajstić information content (AvgIpc) is 3.94. The lowest BCUT2D eigenvalue weighted by atomic mass is 10.0. The summed E-state index contributed by atoms with van der Waals surface area (Å²) in [5, 5.41) is 6.83. The van der Waals surface area contributed by atoms with Crippen molar-refractivity contribution in [2.24, 2.45) is 0 Å². The van der Waals surface area contributed by atoms with Crippen molar-refractivity contribution >= 4 is 65.6 Å². The molecule has 0 aliphatic rings. The molecule has 4 aromatic heterocycles. The second-order valence-electron chi connectivity index (χ2n) is 14.4. The van der Waals surface area contributed by atoms with Crippen molar-refractivity contribution in [2.45, 2.75) is 0 Å². The molecule has 0 N–H and O–H groups in total. The minimum atomic E-state index is 0.571. The Labute approximate surface area is 326 Å². The van der Waals surface area contributed by atoms with Gasteiger partial charge in [-0.1, -0.05) is 152 Å². The Bertz CT molecular complexity index is 3490. The molecule has 0 saturated carbocycles. The smallest absolute Gasteiger partial charge is 0.238 e. The number of rotatable bonds is 5. The van der Waals surface area contributed by atoms with Crippen molar-refractivity contribution < 1.29 is 4.42 Å². The van der Waals surface area contributed by atoms with E-state index in [4.69, 9.17) is 19.4 Å². The molecule has 6 heteroatoms. The molecule has 6 nitrogen and oxygen atoms in total. The van der Waals surface area contributed by atoms with Crippen LogP contribution < -0.4 is 0 Å². The summed E-state index contributed by atoms with van der Waals surface area (Å²) in [7, 11) is 0. The quantitative estimate of drug-likeness (QED) is 0.177. The van der Waals surface area contributed by atoms with E-state index < -0.39 is 0 Å². The minimum Gasteiger partial charge on any atom is -0.455 e. The fourth-order valence-electron chi connectivity index (χ4n) is 8.67. The van der Waals surface area contributed by atoms with E-state index in [1.54, 1.807) is 0 Å². The van der Waals surface area contributed by atoms with Crippen LogP contribution in [-0.4, -0.2) is 24.1 Å². The molecule has 12 aromatic rings. The second-order valence-corrected chi connectivity index (χ2v) is 14.4. The number of hydrogen-bond acceptors (Lipinski definition) is 4. The van der Waals surface area contributed by atoms with Gasteiger partial charge in [-0.3, -0.25) is 4.57 Å². The maximum absolute atomic E-state index is 6.57. The fourth-order valence-corrected chi connectivity index (χ4v) is 8.67. The molecule has 0 bridgehead atoms. The average molecular weight is 730 g/mol. The number of benzene rings is 8. The predicted octanol–water partition coefficient (Wildman–Crippen LogP) is 13.0. The van der Waals surface area contributed by atoms with Gasteiger partial charge < -0.3 is 8.98 Å². The Balaban J connectivity index is 1.11.